The average molecular weight is 267 g/mol. The Morgan fingerprint density at radius 2 is 2.06 bits per heavy atom. The highest BCUT2D eigenvalue weighted by Gasteiger charge is 2.11. The van der Waals surface area contributed by atoms with Gasteiger partial charge in [0.25, 0.3) is 0 Å². The van der Waals surface area contributed by atoms with Gasteiger partial charge in [-0.1, -0.05) is 37.3 Å². The van der Waals surface area contributed by atoms with Crippen molar-refractivity contribution >= 4 is 17.7 Å². The van der Waals surface area contributed by atoms with Gasteiger partial charge in [0.2, 0.25) is 0 Å². The smallest absolute Gasteiger partial charge is 0.315 e. The van der Waals surface area contributed by atoms with Crippen LogP contribution in [0.4, 0.5) is 0 Å². The van der Waals surface area contributed by atoms with Gasteiger partial charge in [-0.15, -0.1) is 11.8 Å². The molecule has 1 N–H and O–H groups in total. The summed E-state index contributed by atoms with van der Waals surface area (Å²) in [5.74, 6) is 1.16. The van der Waals surface area contributed by atoms with E-state index < -0.39 is 0 Å². The van der Waals surface area contributed by atoms with Crippen molar-refractivity contribution in [3.63, 3.8) is 0 Å². The number of carbonyl (C=O) groups is 1. The van der Waals surface area contributed by atoms with Crippen LogP contribution in [0.3, 0.4) is 0 Å². The summed E-state index contributed by atoms with van der Waals surface area (Å²) >= 11 is 1.61. The van der Waals surface area contributed by atoms with Crippen molar-refractivity contribution in [2.24, 2.45) is 0 Å². The van der Waals surface area contributed by atoms with E-state index in [1.807, 2.05) is 25.1 Å². The van der Waals surface area contributed by atoms with Crippen molar-refractivity contribution in [1.82, 2.24) is 5.32 Å². The van der Waals surface area contributed by atoms with Crippen LogP contribution in [0.15, 0.2) is 30.3 Å². The van der Waals surface area contributed by atoms with E-state index in [0.717, 1.165) is 12.3 Å². The van der Waals surface area contributed by atoms with Gasteiger partial charge in [0, 0.05) is 11.8 Å². The maximum Gasteiger partial charge on any atom is 0.315 e. The number of thioether (sulfide) groups is 1. The molecule has 1 atom stereocenters. The molecule has 1 aromatic rings. The van der Waals surface area contributed by atoms with Crippen LogP contribution < -0.4 is 5.32 Å². The number of carbonyl (C=O) groups excluding carboxylic acids is 1. The molecule has 100 valence electrons. The zero-order valence-corrected chi connectivity index (χ0v) is 11.8. The molecule has 0 spiro atoms. The van der Waals surface area contributed by atoms with E-state index in [-0.39, 0.29) is 12.0 Å². The predicted molar refractivity (Wildman–Crippen MR) is 76.8 cm³/mol. The summed E-state index contributed by atoms with van der Waals surface area (Å²) in [7, 11) is 0. The molecule has 1 aromatic carbocycles. The van der Waals surface area contributed by atoms with Gasteiger partial charge >= 0.3 is 5.97 Å². The van der Waals surface area contributed by atoms with Crippen LogP contribution in [0, 0.1) is 0 Å². The molecule has 0 fully saturated rings. The Balaban J connectivity index is 2.42. The second kappa shape index (κ2) is 9.00. The lowest BCUT2D eigenvalue weighted by molar-refractivity contribution is -0.139. The molecule has 0 aliphatic rings. The van der Waals surface area contributed by atoms with Crippen LogP contribution in [-0.2, 0) is 9.53 Å². The Morgan fingerprint density at radius 1 is 1.33 bits per heavy atom. The highest BCUT2D eigenvalue weighted by atomic mass is 32.2. The number of ether oxygens (including phenoxy) is 1. The van der Waals surface area contributed by atoms with E-state index in [1.54, 1.807) is 11.8 Å². The molecular weight excluding hydrogens is 246 g/mol. The topological polar surface area (TPSA) is 38.3 Å². The first-order chi connectivity index (χ1) is 8.77. The van der Waals surface area contributed by atoms with Gasteiger partial charge in [0.1, 0.15) is 0 Å². The number of nitrogens with one attached hydrogen (secondary N) is 1. The minimum absolute atomic E-state index is 0.134. The van der Waals surface area contributed by atoms with Crippen molar-refractivity contribution in [1.29, 1.82) is 0 Å². The number of esters is 1. The number of rotatable bonds is 8. The standard InChI is InChI=1S/C14H21NO2S/c1-3-15-13(12-8-6-5-7-9-12)10-18-11-14(16)17-4-2/h5-9,13,15H,3-4,10-11H2,1-2H3. The molecule has 0 aliphatic heterocycles. The van der Waals surface area contributed by atoms with Crippen molar-refractivity contribution in [3.8, 4) is 0 Å². The first-order valence-electron chi connectivity index (χ1n) is 6.29. The SMILES string of the molecule is CCNC(CSCC(=O)OCC)c1ccccc1. The lowest BCUT2D eigenvalue weighted by Gasteiger charge is -2.17. The Morgan fingerprint density at radius 3 is 2.67 bits per heavy atom. The molecule has 0 heterocycles. The fourth-order valence-corrected chi connectivity index (χ4v) is 2.58. The summed E-state index contributed by atoms with van der Waals surface area (Å²) < 4.78 is 4.91. The normalized spacial score (nSPS) is 12.1. The molecule has 4 heteroatoms. The highest BCUT2D eigenvalue weighted by molar-refractivity contribution is 7.99. The van der Waals surface area contributed by atoms with Crippen molar-refractivity contribution in [2.75, 3.05) is 24.7 Å². The molecule has 0 aliphatic carbocycles. The average Bonchev–Trinajstić information content (AvgIpc) is 2.39. The summed E-state index contributed by atoms with van der Waals surface area (Å²) in [5, 5.41) is 3.43. The number of benzene rings is 1. The third kappa shape index (κ3) is 5.56. The second-order valence-corrected chi connectivity index (χ2v) is 4.87. The van der Waals surface area contributed by atoms with Crippen molar-refractivity contribution in [3.05, 3.63) is 35.9 Å². The van der Waals surface area contributed by atoms with Crippen LogP contribution in [0.5, 0.6) is 0 Å². The van der Waals surface area contributed by atoms with Crippen LogP contribution in [0.2, 0.25) is 0 Å². The van der Waals surface area contributed by atoms with Gasteiger partial charge in [0.05, 0.1) is 12.4 Å². The lowest BCUT2D eigenvalue weighted by atomic mass is 10.1. The van der Waals surface area contributed by atoms with Gasteiger partial charge in [-0.2, -0.15) is 0 Å². The third-order valence-corrected chi connectivity index (χ3v) is 3.47. The maximum absolute atomic E-state index is 11.3. The van der Waals surface area contributed by atoms with E-state index in [4.69, 9.17) is 4.74 Å². The molecule has 0 saturated heterocycles. The molecule has 0 saturated carbocycles. The summed E-state index contributed by atoms with van der Waals surface area (Å²) in [4.78, 5) is 11.3. The molecule has 0 radical (unpaired) electrons. The molecular formula is C14H21NO2S. The molecule has 0 amide bonds. The first-order valence-corrected chi connectivity index (χ1v) is 7.45. The monoisotopic (exact) mass is 267 g/mol. The Bertz CT molecular complexity index is 343. The Labute approximate surface area is 113 Å². The van der Waals surface area contributed by atoms with Gasteiger partial charge in [-0.3, -0.25) is 4.79 Å². The summed E-state index contributed by atoms with van der Waals surface area (Å²) in [5.41, 5.74) is 1.26. The van der Waals surface area contributed by atoms with Gasteiger partial charge in [-0.25, -0.2) is 0 Å². The van der Waals surface area contributed by atoms with Crippen LogP contribution >= 0.6 is 11.8 Å². The second-order valence-electron chi connectivity index (χ2n) is 3.84. The Hall–Kier alpha value is -1.00. The van der Waals surface area contributed by atoms with Crippen molar-refractivity contribution in [2.45, 2.75) is 19.9 Å². The molecule has 0 aromatic heterocycles. The van der Waals surface area contributed by atoms with Crippen molar-refractivity contribution < 1.29 is 9.53 Å². The van der Waals surface area contributed by atoms with Gasteiger partial charge in [0.15, 0.2) is 0 Å². The highest BCUT2D eigenvalue weighted by Crippen LogP contribution is 2.18. The fourth-order valence-electron chi connectivity index (χ4n) is 1.67. The van der Waals surface area contributed by atoms with E-state index in [0.29, 0.717) is 12.4 Å². The van der Waals surface area contributed by atoms with Gasteiger partial charge < -0.3 is 10.1 Å². The minimum Gasteiger partial charge on any atom is -0.465 e. The lowest BCUT2D eigenvalue weighted by Crippen LogP contribution is -2.23. The zero-order valence-electron chi connectivity index (χ0n) is 11.0. The molecule has 0 bridgehead atoms. The van der Waals surface area contributed by atoms with E-state index in [9.17, 15) is 4.79 Å². The molecule has 1 unspecified atom stereocenters. The summed E-state index contributed by atoms with van der Waals surface area (Å²) in [6.45, 7) is 5.29. The largest absolute Gasteiger partial charge is 0.465 e. The van der Waals surface area contributed by atoms with E-state index in [1.165, 1.54) is 5.56 Å². The zero-order chi connectivity index (χ0) is 13.2. The minimum atomic E-state index is -0.134. The number of hydrogen-bond acceptors (Lipinski definition) is 4. The number of hydrogen-bond donors (Lipinski definition) is 1. The molecule has 1 rings (SSSR count). The van der Waals surface area contributed by atoms with Gasteiger partial charge in [-0.05, 0) is 19.0 Å². The maximum atomic E-state index is 11.3. The summed E-state index contributed by atoms with van der Waals surface area (Å²) in [6, 6.07) is 10.6. The van der Waals surface area contributed by atoms with Crippen LogP contribution in [-0.4, -0.2) is 30.6 Å². The van der Waals surface area contributed by atoms with E-state index in [2.05, 4.69) is 24.4 Å². The van der Waals surface area contributed by atoms with E-state index >= 15 is 0 Å². The third-order valence-electron chi connectivity index (χ3n) is 2.46. The Kier molecular flexibility index (Phi) is 7.53. The van der Waals surface area contributed by atoms with Crippen LogP contribution in [0.25, 0.3) is 0 Å². The molecule has 3 nitrogen and oxygen atoms in total. The quantitative estimate of drug-likeness (QED) is 0.735. The molecule has 18 heavy (non-hydrogen) atoms. The predicted octanol–water partition coefficient (Wildman–Crippen LogP) is 2.63. The summed E-state index contributed by atoms with van der Waals surface area (Å²) in [6.07, 6.45) is 0. The first kappa shape index (κ1) is 15.1. The fraction of sp³-hybridized carbons (Fsp3) is 0.500. The van der Waals surface area contributed by atoms with Crippen LogP contribution in [0.1, 0.15) is 25.5 Å².